The standard InChI is InChI=1S/C15H14Cl2O/c1-10-3-4-12(9-14(10)16)15(17)11-5-7-13(18-2)8-6-11/h3-9,15H,1-2H3. The van der Waals surface area contributed by atoms with Crippen LogP contribution in [0.25, 0.3) is 0 Å². The van der Waals surface area contributed by atoms with Crippen LogP contribution in [-0.4, -0.2) is 7.11 Å². The third-order valence-corrected chi connectivity index (χ3v) is 3.81. The zero-order valence-corrected chi connectivity index (χ0v) is 11.8. The highest BCUT2D eigenvalue weighted by Gasteiger charge is 2.11. The summed E-state index contributed by atoms with van der Waals surface area (Å²) in [6, 6.07) is 13.6. The summed E-state index contributed by atoms with van der Waals surface area (Å²) in [5.41, 5.74) is 3.08. The van der Waals surface area contributed by atoms with Crippen LogP contribution in [-0.2, 0) is 0 Å². The van der Waals surface area contributed by atoms with E-state index in [4.69, 9.17) is 27.9 Å². The molecule has 0 saturated carbocycles. The third kappa shape index (κ3) is 2.80. The Morgan fingerprint density at radius 2 is 1.61 bits per heavy atom. The minimum absolute atomic E-state index is 0.200. The molecule has 1 atom stereocenters. The number of methoxy groups -OCH3 is 1. The Hall–Kier alpha value is -1.18. The summed E-state index contributed by atoms with van der Waals surface area (Å²) in [5.74, 6) is 0.824. The summed E-state index contributed by atoms with van der Waals surface area (Å²) in [7, 11) is 1.65. The number of benzene rings is 2. The molecule has 94 valence electrons. The fourth-order valence-electron chi connectivity index (χ4n) is 1.73. The minimum atomic E-state index is -0.200. The molecule has 0 amide bonds. The van der Waals surface area contributed by atoms with Crippen LogP contribution in [0, 0.1) is 6.92 Å². The van der Waals surface area contributed by atoms with E-state index in [-0.39, 0.29) is 5.38 Å². The Morgan fingerprint density at radius 3 is 2.17 bits per heavy atom. The first kappa shape index (κ1) is 13.3. The molecule has 1 nitrogen and oxygen atoms in total. The van der Waals surface area contributed by atoms with Gasteiger partial charge < -0.3 is 4.74 Å². The van der Waals surface area contributed by atoms with E-state index < -0.39 is 0 Å². The summed E-state index contributed by atoms with van der Waals surface area (Å²) in [6.07, 6.45) is 0. The number of hydrogen-bond acceptors (Lipinski definition) is 1. The second-order valence-electron chi connectivity index (χ2n) is 4.14. The topological polar surface area (TPSA) is 9.23 Å². The molecule has 0 aliphatic heterocycles. The Bertz CT molecular complexity index is 535. The number of hydrogen-bond donors (Lipinski definition) is 0. The summed E-state index contributed by atoms with van der Waals surface area (Å²) in [6.45, 7) is 1.97. The van der Waals surface area contributed by atoms with Gasteiger partial charge in [0.2, 0.25) is 0 Å². The SMILES string of the molecule is COc1ccc(C(Cl)c2ccc(C)c(Cl)c2)cc1. The van der Waals surface area contributed by atoms with E-state index in [1.165, 1.54) is 0 Å². The lowest BCUT2D eigenvalue weighted by Gasteiger charge is -2.12. The second-order valence-corrected chi connectivity index (χ2v) is 4.99. The van der Waals surface area contributed by atoms with Crippen LogP contribution < -0.4 is 4.74 Å². The van der Waals surface area contributed by atoms with Gasteiger partial charge in [-0.25, -0.2) is 0 Å². The van der Waals surface area contributed by atoms with Gasteiger partial charge in [0.1, 0.15) is 5.75 Å². The lowest BCUT2D eigenvalue weighted by molar-refractivity contribution is 0.414. The van der Waals surface area contributed by atoms with Gasteiger partial charge in [-0.1, -0.05) is 35.9 Å². The predicted octanol–water partition coefficient (Wildman–Crippen LogP) is 4.99. The van der Waals surface area contributed by atoms with E-state index in [0.29, 0.717) is 0 Å². The highest BCUT2D eigenvalue weighted by molar-refractivity contribution is 6.31. The molecule has 0 spiro atoms. The van der Waals surface area contributed by atoms with Gasteiger partial charge in [0.15, 0.2) is 0 Å². The molecule has 0 heterocycles. The maximum atomic E-state index is 6.45. The molecule has 2 aromatic rings. The first-order valence-electron chi connectivity index (χ1n) is 5.66. The molecule has 0 fully saturated rings. The number of rotatable bonds is 3. The average Bonchev–Trinajstić information content (AvgIpc) is 2.41. The van der Waals surface area contributed by atoms with Crippen molar-refractivity contribution in [3.8, 4) is 5.75 Å². The monoisotopic (exact) mass is 280 g/mol. The number of aryl methyl sites for hydroxylation is 1. The lowest BCUT2D eigenvalue weighted by Crippen LogP contribution is -1.94. The van der Waals surface area contributed by atoms with E-state index in [0.717, 1.165) is 27.5 Å². The molecule has 18 heavy (non-hydrogen) atoms. The molecule has 0 N–H and O–H groups in total. The van der Waals surface area contributed by atoms with Crippen molar-refractivity contribution in [2.45, 2.75) is 12.3 Å². The van der Waals surface area contributed by atoms with Crippen LogP contribution in [0.2, 0.25) is 5.02 Å². The molecular weight excluding hydrogens is 267 g/mol. The van der Waals surface area contributed by atoms with Gasteiger partial charge >= 0.3 is 0 Å². The quantitative estimate of drug-likeness (QED) is 0.720. The van der Waals surface area contributed by atoms with Crippen LogP contribution in [0.1, 0.15) is 22.1 Å². The van der Waals surface area contributed by atoms with Gasteiger partial charge in [0.25, 0.3) is 0 Å². The van der Waals surface area contributed by atoms with Crippen molar-refractivity contribution in [3.05, 3.63) is 64.2 Å². The van der Waals surface area contributed by atoms with Crippen molar-refractivity contribution < 1.29 is 4.74 Å². The first-order valence-corrected chi connectivity index (χ1v) is 6.47. The van der Waals surface area contributed by atoms with Crippen LogP contribution in [0.3, 0.4) is 0 Å². The highest BCUT2D eigenvalue weighted by Crippen LogP contribution is 2.32. The normalized spacial score (nSPS) is 12.2. The molecule has 3 heteroatoms. The number of halogens is 2. The van der Waals surface area contributed by atoms with E-state index in [9.17, 15) is 0 Å². The Balaban J connectivity index is 2.28. The maximum Gasteiger partial charge on any atom is 0.118 e. The fraction of sp³-hybridized carbons (Fsp3) is 0.200. The maximum absolute atomic E-state index is 6.45. The van der Waals surface area contributed by atoms with E-state index >= 15 is 0 Å². The molecule has 0 bridgehead atoms. The molecule has 0 aliphatic rings. The van der Waals surface area contributed by atoms with Crippen molar-refractivity contribution in [2.75, 3.05) is 7.11 Å². The largest absolute Gasteiger partial charge is 0.497 e. The molecule has 2 rings (SSSR count). The summed E-state index contributed by atoms with van der Waals surface area (Å²) in [5, 5.41) is 0.542. The van der Waals surface area contributed by atoms with Crippen molar-refractivity contribution in [2.24, 2.45) is 0 Å². The summed E-state index contributed by atoms with van der Waals surface area (Å²) < 4.78 is 5.13. The van der Waals surface area contributed by atoms with Gasteiger partial charge in [0.05, 0.1) is 12.5 Å². The molecule has 1 unspecified atom stereocenters. The Morgan fingerprint density at radius 1 is 1.00 bits per heavy atom. The van der Waals surface area contributed by atoms with E-state index in [2.05, 4.69) is 0 Å². The average molecular weight is 281 g/mol. The van der Waals surface area contributed by atoms with Crippen molar-refractivity contribution >= 4 is 23.2 Å². The number of alkyl halides is 1. The van der Waals surface area contributed by atoms with E-state index in [1.54, 1.807) is 7.11 Å². The first-order chi connectivity index (χ1) is 8.61. The molecule has 0 aliphatic carbocycles. The van der Waals surface area contributed by atoms with Crippen LogP contribution in [0.4, 0.5) is 0 Å². The Kier molecular flexibility index (Phi) is 4.15. The third-order valence-electron chi connectivity index (χ3n) is 2.90. The molecular formula is C15H14Cl2O. The van der Waals surface area contributed by atoms with Crippen LogP contribution in [0.5, 0.6) is 5.75 Å². The minimum Gasteiger partial charge on any atom is -0.497 e. The van der Waals surface area contributed by atoms with Gasteiger partial charge in [-0.15, -0.1) is 11.6 Å². The smallest absolute Gasteiger partial charge is 0.118 e. The number of ether oxygens (including phenoxy) is 1. The molecule has 2 aromatic carbocycles. The predicted molar refractivity (Wildman–Crippen MR) is 76.9 cm³/mol. The molecule has 0 aromatic heterocycles. The van der Waals surface area contributed by atoms with Gasteiger partial charge in [-0.2, -0.15) is 0 Å². The van der Waals surface area contributed by atoms with Crippen LogP contribution >= 0.6 is 23.2 Å². The van der Waals surface area contributed by atoms with Crippen molar-refractivity contribution in [1.29, 1.82) is 0 Å². The molecule has 0 saturated heterocycles. The second kappa shape index (κ2) is 5.64. The van der Waals surface area contributed by atoms with Gasteiger partial charge in [-0.3, -0.25) is 0 Å². The van der Waals surface area contributed by atoms with Crippen molar-refractivity contribution in [3.63, 3.8) is 0 Å². The lowest BCUT2D eigenvalue weighted by atomic mass is 10.0. The zero-order chi connectivity index (χ0) is 13.1. The van der Waals surface area contributed by atoms with Crippen molar-refractivity contribution in [1.82, 2.24) is 0 Å². The summed E-state index contributed by atoms with van der Waals surface area (Å²) >= 11 is 12.6. The fourth-order valence-corrected chi connectivity index (χ4v) is 2.20. The zero-order valence-electron chi connectivity index (χ0n) is 10.3. The van der Waals surface area contributed by atoms with Crippen LogP contribution in [0.15, 0.2) is 42.5 Å². The molecule has 0 radical (unpaired) electrons. The van der Waals surface area contributed by atoms with Gasteiger partial charge in [-0.05, 0) is 41.8 Å². The summed E-state index contributed by atoms with van der Waals surface area (Å²) in [4.78, 5) is 0. The van der Waals surface area contributed by atoms with E-state index in [1.807, 2.05) is 49.4 Å². The highest BCUT2D eigenvalue weighted by atomic mass is 35.5. The van der Waals surface area contributed by atoms with Gasteiger partial charge in [0, 0.05) is 5.02 Å². The Labute approximate surface area is 117 Å².